The summed E-state index contributed by atoms with van der Waals surface area (Å²) < 4.78 is 73.2. The molecule has 3 rings (SSSR count). The van der Waals surface area contributed by atoms with Gasteiger partial charge in [0.05, 0.1) is 13.2 Å². The molecular formula is C88H161O25P. The number of carbonyl (C=O) groups excluding carboxylic acids is 4. The second-order valence-corrected chi connectivity index (χ2v) is 33.9. The molecule has 2 heterocycles. The van der Waals surface area contributed by atoms with Gasteiger partial charge in [0.2, 0.25) is 0 Å². The van der Waals surface area contributed by atoms with Gasteiger partial charge in [-0.25, -0.2) is 4.57 Å². The van der Waals surface area contributed by atoms with Gasteiger partial charge in [-0.1, -0.05) is 302 Å². The van der Waals surface area contributed by atoms with E-state index < -0.39 is 162 Å². The first-order chi connectivity index (χ1) is 55.2. The zero-order valence-corrected chi connectivity index (χ0v) is 71.8. The quantitative estimate of drug-likeness (QED) is 0.00889. The number of phosphoric ester groups is 1. The van der Waals surface area contributed by atoms with Crippen molar-refractivity contribution >= 4 is 31.7 Å². The number of hydrogen-bond donors (Lipinski definition) is 10. The largest absolute Gasteiger partial charge is 0.472 e. The number of aliphatic hydroxyl groups is 9. The van der Waals surface area contributed by atoms with E-state index in [1.807, 2.05) is 0 Å². The Morgan fingerprint density at radius 3 is 1.05 bits per heavy atom. The summed E-state index contributed by atoms with van der Waals surface area (Å²) in [6.07, 6.45) is 26.3. The molecular weight excluding hydrogens is 1490 g/mol. The fourth-order valence-corrected chi connectivity index (χ4v) is 15.9. The van der Waals surface area contributed by atoms with E-state index in [9.17, 15) is 74.6 Å². The summed E-state index contributed by atoms with van der Waals surface area (Å²) in [7, 11) is -5.81. The highest BCUT2D eigenvalue weighted by Gasteiger charge is 2.60. The Morgan fingerprint density at radius 2 is 0.658 bits per heavy atom. The van der Waals surface area contributed by atoms with Gasteiger partial charge in [-0.05, 0) is 77.0 Å². The van der Waals surface area contributed by atoms with Gasteiger partial charge >= 0.3 is 31.7 Å². The molecule has 1 saturated carbocycles. The highest BCUT2D eigenvalue weighted by molar-refractivity contribution is 7.47. The predicted octanol–water partition coefficient (Wildman–Crippen LogP) is 16.2. The van der Waals surface area contributed by atoms with Crippen molar-refractivity contribution < 1.29 is 122 Å². The standard InChI is InChI=1S/C88H161O25P/c1-5-9-13-17-21-25-29-33-34-35-39-43-46-50-54-58-62-73(92)107-68(65-104-71(90)60-56-52-48-44-40-36-30-26-22-18-14-10-6-2)66-106-114(102,103)113-86-84(111-87-81(100)77(96)75(94)69(64-89)108-87)80(99)79(98)83(110-74(93)63-59-55-51-47-42-38-32-28-24-20-16-12-8-4)85(86)112-88-82(101)78(97)76(95)70(109-88)67-105-72(91)61-57-53-49-45-41-37-31-27-23-19-15-11-7-3/h37-38,41-42,68-70,75-89,94-101H,5-36,39-40,43-67H2,1-4H3,(H,102,103)/b41-37-,42-38-. The zero-order chi connectivity index (χ0) is 83.2. The molecule has 26 heteroatoms. The third-order valence-corrected chi connectivity index (χ3v) is 23.2. The normalized spacial score (nSPS) is 25.5. The van der Waals surface area contributed by atoms with Gasteiger partial charge in [0.15, 0.2) is 24.8 Å². The monoisotopic (exact) mass is 1650 g/mol. The van der Waals surface area contributed by atoms with Crippen molar-refractivity contribution in [1.29, 1.82) is 0 Å². The molecule has 18 atom stereocenters. The van der Waals surface area contributed by atoms with E-state index in [1.165, 1.54) is 167 Å². The number of rotatable bonds is 73. The summed E-state index contributed by atoms with van der Waals surface area (Å²) in [5.41, 5.74) is 0. The average molecular weight is 1650 g/mol. The maximum atomic E-state index is 14.9. The van der Waals surface area contributed by atoms with Crippen LogP contribution in [0.15, 0.2) is 24.3 Å². The van der Waals surface area contributed by atoms with Crippen molar-refractivity contribution in [2.24, 2.45) is 0 Å². The van der Waals surface area contributed by atoms with Crippen molar-refractivity contribution in [2.45, 2.75) is 485 Å². The Kier molecular flexibility index (Phi) is 62.3. The van der Waals surface area contributed by atoms with Gasteiger partial charge < -0.3 is 88.7 Å². The van der Waals surface area contributed by atoms with Gasteiger partial charge in [0, 0.05) is 25.7 Å². The van der Waals surface area contributed by atoms with Crippen LogP contribution in [0.4, 0.5) is 0 Å². The average Bonchev–Trinajstić information content (AvgIpc) is 0.755. The third-order valence-electron chi connectivity index (χ3n) is 22.2. The first kappa shape index (κ1) is 105. The van der Waals surface area contributed by atoms with E-state index >= 15 is 0 Å². The molecule has 3 fully saturated rings. The number of carbonyl (C=O) groups is 4. The van der Waals surface area contributed by atoms with Crippen molar-refractivity contribution in [2.75, 3.05) is 26.4 Å². The number of ether oxygens (including phenoxy) is 8. The fraction of sp³-hybridized carbons (Fsp3) is 0.909. The van der Waals surface area contributed by atoms with Crippen LogP contribution in [0.25, 0.3) is 0 Å². The molecule has 0 aromatic rings. The Hall–Kier alpha value is -3.05. The van der Waals surface area contributed by atoms with Gasteiger partial charge in [-0.2, -0.15) is 0 Å². The van der Waals surface area contributed by atoms with Gasteiger partial charge in [0.1, 0.15) is 92.6 Å². The van der Waals surface area contributed by atoms with Crippen molar-refractivity contribution in [3.8, 4) is 0 Å². The van der Waals surface area contributed by atoms with Crippen LogP contribution in [-0.2, 0) is 70.7 Å². The Balaban J connectivity index is 1.93. The predicted molar refractivity (Wildman–Crippen MR) is 439 cm³/mol. The molecule has 1 aliphatic carbocycles. The maximum Gasteiger partial charge on any atom is 0.472 e. The summed E-state index contributed by atoms with van der Waals surface area (Å²) >= 11 is 0. The first-order valence-corrected chi connectivity index (χ1v) is 47.1. The van der Waals surface area contributed by atoms with Crippen molar-refractivity contribution in [3.63, 3.8) is 0 Å². The van der Waals surface area contributed by atoms with Crippen LogP contribution in [0.1, 0.15) is 381 Å². The number of allylic oxidation sites excluding steroid dienone is 4. The number of esters is 4. The molecule has 114 heavy (non-hydrogen) atoms. The van der Waals surface area contributed by atoms with E-state index in [0.29, 0.717) is 38.5 Å². The molecule has 0 spiro atoms. The molecule has 0 aromatic carbocycles. The molecule has 0 bridgehead atoms. The fourth-order valence-electron chi connectivity index (χ4n) is 14.9. The first-order valence-electron chi connectivity index (χ1n) is 45.6. The van der Waals surface area contributed by atoms with Crippen molar-refractivity contribution in [3.05, 3.63) is 24.3 Å². The maximum absolute atomic E-state index is 14.9. The summed E-state index contributed by atoms with van der Waals surface area (Å²) in [5.74, 6) is -2.99. The number of aliphatic hydroxyl groups excluding tert-OH is 9. The topological polar surface area (TPSA) is 380 Å². The minimum Gasteiger partial charge on any atom is -0.463 e. The highest BCUT2D eigenvalue weighted by Crippen LogP contribution is 2.49. The Bertz CT molecular complexity index is 2480. The lowest BCUT2D eigenvalue weighted by molar-refractivity contribution is -0.360. The molecule has 18 unspecified atom stereocenters. The molecule has 10 N–H and O–H groups in total. The summed E-state index contributed by atoms with van der Waals surface area (Å²) in [5, 5.41) is 102. The minimum atomic E-state index is -5.81. The van der Waals surface area contributed by atoms with E-state index in [1.54, 1.807) is 0 Å². The minimum absolute atomic E-state index is 0.00726. The summed E-state index contributed by atoms with van der Waals surface area (Å²) in [6, 6.07) is 0. The van der Waals surface area contributed by atoms with E-state index in [4.69, 9.17) is 46.9 Å². The van der Waals surface area contributed by atoms with Crippen LogP contribution < -0.4 is 0 Å². The van der Waals surface area contributed by atoms with Gasteiger partial charge in [-0.3, -0.25) is 28.2 Å². The molecule has 0 amide bonds. The third kappa shape index (κ3) is 47.8. The highest BCUT2D eigenvalue weighted by atomic mass is 31.2. The molecule has 668 valence electrons. The molecule has 3 aliphatic rings. The van der Waals surface area contributed by atoms with E-state index in [0.717, 1.165) is 116 Å². The van der Waals surface area contributed by atoms with Gasteiger partial charge in [-0.15, -0.1) is 0 Å². The van der Waals surface area contributed by atoms with Crippen LogP contribution in [0.5, 0.6) is 0 Å². The lowest BCUT2D eigenvalue weighted by Crippen LogP contribution is -2.70. The second-order valence-electron chi connectivity index (χ2n) is 32.5. The van der Waals surface area contributed by atoms with Crippen LogP contribution >= 0.6 is 7.82 Å². The van der Waals surface area contributed by atoms with Crippen LogP contribution in [0.2, 0.25) is 0 Å². The molecule has 2 aliphatic heterocycles. The smallest absolute Gasteiger partial charge is 0.463 e. The second kappa shape index (κ2) is 67.6. The number of unbranched alkanes of at least 4 members (excludes halogenated alkanes) is 45. The van der Waals surface area contributed by atoms with E-state index in [-0.39, 0.29) is 32.1 Å². The van der Waals surface area contributed by atoms with Crippen LogP contribution in [-0.4, -0.2) is 205 Å². The molecule has 2 saturated heterocycles. The molecule has 0 radical (unpaired) electrons. The summed E-state index contributed by atoms with van der Waals surface area (Å²) in [6.45, 7) is 5.55. The van der Waals surface area contributed by atoms with Crippen LogP contribution in [0.3, 0.4) is 0 Å². The zero-order valence-electron chi connectivity index (χ0n) is 70.9. The van der Waals surface area contributed by atoms with Crippen molar-refractivity contribution in [1.82, 2.24) is 0 Å². The van der Waals surface area contributed by atoms with E-state index in [2.05, 4.69) is 52.0 Å². The molecule has 0 aromatic heterocycles. The number of hydrogen-bond acceptors (Lipinski definition) is 24. The Morgan fingerprint density at radius 1 is 0.342 bits per heavy atom. The number of phosphoric acid groups is 1. The lowest BCUT2D eigenvalue weighted by atomic mass is 9.84. The SMILES string of the molecule is CCCCCCCC/C=C\CCCCCC(=O)OCC1OC(OC2C(OC(=O)CCCCC/C=C\CCCCCCCC)C(O)C(O)C(OC3OC(CO)C(O)C(O)C3O)C2OP(=O)(O)OCC(COC(=O)CCCCCCCCCCCCCCC)OC(=O)CCCCCCCCCCCCCCCCCC)C(O)C(O)C1O. The van der Waals surface area contributed by atoms with Gasteiger partial charge in [0.25, 0.3) is 0 Å². The lowest BCUT2D eigenvalue weighted by Gasteiger charge is -2.50. The molecule has 25 nitrogen and oxygen atoms in total. The Labute approximate surface area is 685 Å². The van der Waals surface area contributed by atoms with Crippen LogP contribution in [0, 0.1) is 0 Å². The summed E-state index contributed by atoms with van der Waals surface area (Å²) in [4.78, 5) is 66.3.